The Kier molecular flexibility index (Phi) is 6.51. The minimum Gasteiger partial charge on any atom is -0.396 e. The maximum atomic E-state index is 13.1. The van der Waals surface area contributed by atoms with Gasteiger partial charge < -0.3 is 10.0 Å². The lowest BCUT2D eigenvalue weighted by Crippen LogP contribution is -2.57. The van der Waals surface area contributed by atoms with Crippen molar-refractivity contribution in [2.45, 2.75) is 77.3 Å². The Hall–Kier alpha value is -1.12. The highest BCUT2D eigenvalue weighted by Gasteiger charge is 2.43. The molecular weight excluding hydrogens is 314 g/mol. The summed E-state index contributed by atoms with van der Waals surface area (Å²) in [5.41, 5.74) is -0.607. The van der Waals surface area contributed by atoms with E-state index in [0.717, 1.165) is 58.0 Å². The summed E-state index contributed by atoms with van der Waals surface area (Å²) in [6.07, 6.45) is 6.43. The number of nitriles is 1. The number of aliphatic hydroxyl groups is 1. The van der Waals surface area contributed by atoms with Crippen LogP contribution < -0.4 is 0 Å². The lowest BCUT2D eigenvalue weighted by atomic mass is 9.76. The molecule has 1 atom stereocenters. The average molecular weight is 350 g/mol. The van der Waals surface area contributed by atoms with Crippen molar-refractivity contribution >= 4 is 5.91 Å². The second kappa shape index (κ2) is 8.05. The molecule has 0 spiro atoms. The summed E-state index contributed by atoms with van der Waals surface area (Å²) >= 11 is 0. The maximum Gasteiger partial charge on any atom is 0.240 e. The molecule has 1 aliphatic heterocycles. The van der Waals surface area contributed by atoms with Gasteiger partial charge in [-0.15, -0.1) is 0 Å². The van der Waals surface area contributed by atoms with Gasteiger partial charge in [-0.25, -0.2) is 0 Å². The zero-order chi connectivity index (χ0) is 18.7. The van der Waals surface area contributed by atoms with E-state index in [2.05, 4.69) is 24.8 Å². The quantitative estimate of drug-likeness (QED) is 0.829. The van der Waals surface area contributed by atoms with Gasteiger partial charge in [-0.1, -0.05) is 13.8 Å². The average Bonchev–Trinajstić information content (AvgIpc) is 2.67. The fourth-order valence-electron chi connectivity index (χ4n) is 4.42. The van der Waals surface area contributed by atoms with Crippen LogP contribution in [0.2, 0.25) is 0 Å². The summed E-state index contributed by atoms with van der Waals surface area (Å²) in [7, 11) is 1.81. The number of likely N-dealkylation sites (tertiary alicyclic amines) is 1. The Balaban J connectivity index is 2.01. The van der Waals surface area contributed by atoms with E-state index in [1.165, 1.54) is 0 Å². The monoisotopic (exact) mass is 349 g/mol. The number of amides is 1. The minimum atomic E-state index is -0.633. The van der Waals surface area contributed by atoms with E-state index < -0.39 is 5.54 Å². The first-order chi connectivity index (χ1) is 11.8. The first-order valence-electron chi connectivity index (χ1n) is 9.87. The number of hydrogen-bond acceptors (Lipinski definition) is 4. The van der Waals surface area contributed by atoms with Crippen LogP contribution in [0.4, 0.5) is 0 Å². The van der Waals surface area contributed by atoms with Crippen LogP contribution in [-0.4, -0.2) is 59.1 Å². The van der Waals surface area contributed by atoms with Gasteiger partial charge in [-0.3, -0.25) is 9.69 Å². The molecule has 2 rings (SSSR count). The Morgan fingerprint density at radius 2 is 1.88 bits per heavy atom. The number of aliphatic hydroxyl groups excluding tert-OH is 1. The van der Waals surface area contributed by atoms with Crippen molar-refractivity contribution in [1.29, 1.82) is 5.26 Å². The topological polar surface area (TPSA) is 67.6 Å². The lowest BCUT2D eigenvalue weighted by molar-refractivity contribution is -0.141. The van der Waals surface area contributed by atoms with E-state index in [-0.39, 0.29) is 24.0 Å². The summed E-state index contributed by atoms with van der Waals surface area (Å²) in [4.78, 5) is 17.0. The Morgan fingerprint density at radius 3 is 2.32 bits per heavy atom. The van der Waals surface area contributed by atoms with Crippen molar-refractivity contribution in [2.24, 2.45) is 11.3 Å². The number of nitrogens with zero attached hydrogens (tertiary/aromatic N) is 3. The SMILES string of the molecule is CCC1(CO)CCN(C(C)C(=O)N(C)C2(C#N)CCC(C)CC2)CC1. The van der Waals surface area contributed by atoms with Crippen LogP contribution in [0.5, 0.6) is 0 Å². The predicted octanol–water partition coefficient (Wildman–Crippen LogP) is 2.79. The fraction of sp³-hybridized carbons (Fsp3) is 0.900. The molecule has 5 nitrogen and oxygen atoms in total. The highest BCUT2D eigenvalue weighted by molar-refractivity contribution is 5.82. The van der Waals surface area contributed by atoms with Crippen molar-refractivity contribution < 1.29 is 9.90 Å². The van der Waals surface area contributed by atoms with Crippen molar-refractivity contribution in [1.82, 2.24) is 9.80 Å². The molecular formula is C20H35N3O2. The van der Waals surface area contributed by atoms with Gasteiger partial charge in [-0.2, -0.15) is 5.26 Å². The normalized spacial score (nSPS) is 31.1. The first kappa shape index (κ1) is 20.2. The Bertz CT molecular complexity index is 492. The first-order valence-corrected chi connectivity index (χ1v) is 9.87. The highest BCUT2D eigenvalue weighted by atomic mass is 16.3. The third-order valence-electron chi connectivity index (χ3n) is 7.13. The summed E-state index contributed by atoms with van der Waals surface area (Å²) in [5.74, 6) is 0.703. The summed E-state index contributed by atoms with van der Waals surface area (Å²) < 4.78 is 0. The Labute approximate surface area is 153 Å². The molecule has 5 heteroatoms. The molecule has 1 N–H and O–H groups in total. The van der Waals surface area contributed by atoms with Crippen LogP contribution in [0.25, 0.3) is 0 Å². The molecule has 1 saturated carbocycles. The van der Waals surface area contributed by atoms with Crippen LogP contribution in [0, 0.1) is 22.7 Å². The van der Waals surface area contributed by atoms with Crippen molar-refractivity contribution in [3.63, 3.8) is 0 Å². The van der Waals surface area contributed by atoms with Gasteiger partial charge in [0.05, 0.1) is 12.1 Å². The van der Waals surface area contributed by atoms with Crippen LogP contribution >= 0.6 is 0 Å². The molecule has 2 aliphatic rings. The molecule has 1 heterocycles. The van der Waals surface area contributed by atoms with Gasteiger partial charge in [0.1, 0.15) is 5.54 Å². The fourth-order valence-corrected chi connectivity index (χ4v) is 4.42. The van der Waals surface area contributed by atoms with E-state index in [1.54, 1.807) is 4.90 Å². The molecule has 1 saturated heterocycles. The van der Waals surface area contributed by atoms with Crippen molar-refractivity contribution in [3.8, 4) is 6.07 Å². The zero-order valence-electron chi connectivity index (χ0n) is 16.4. The third kappa shape index (κ3) is 4.01. The smallest absolute Gasteiger partial charge is 0.240 e. The highest BCUT2D eigenvalue weighted by Crippen LogP contribution is 2.37. The van der Waals surface area contributed by atoms with E-state index in [0.29, 0.717) is 5.92 Å². The number of carbonyl (C=O) groups excluding carboxylic acids is 1. The third-order valence-corrected chi connectivity index (χ3v) is 7.13. The molecule has 0 aromatic rings. The molecule has 2 fully saturated rings. The second-order valence-corrected chi connectivity index (χ2v) is 8.45. The second-order valence-electron chi connectivity index (χ2n) is 8.45. The van der Waals surface area contributed by atoms with Gasteiger partial charge in [0, 0.05) is 13.7 Å². The maximum absolute atomic E-state index is 13.1. The summed E-state index contributed by atoms with van der Waals surface area (Å²) in [5, 5.41) is 19.5. The Morgan fingerprint density at radius 1 is 1.32 bits per heavy atom. The molecule has 1 aliphatic carbocycles. The molecule has 1 amide bonds. The molecule has 142 valence electrons. The summed E-state index contributed by atoms with van der Waals surface area (Å²) in [6, 6.07) is 2.26. The predicted molar refractivity (Wildman–Crippen MR) is 98.8 cm³/mol. The van der Waals surface area contributed by atoms with E-state index in [4.69, 9.17) is 0 Å². The van der Waals surface area contributed by atoms with E-state index in [9.17, 15) is 15.2 Å². The molecule has 0 aromatic heterocycles. The molecule has 0 radical (unpaired) electrons. The van der Waals surface area contributed by atoms with Crippen LogP contribution in [0.15, 0.2) is 0 Å². The van der Waals surface area contributed by atoms with Crippen molar-refractivity contribution in [3.05, 3.63) is 0 Å². The number of hydrogen-bond donors (Lipinski definition) is 1. The van der Waals surface area contributed by atoms with Crippen LogP contribution in [0.3, 0.4) is 0 Å². The number of carbonyl (C=O) groups is 1. The number of rotatable bonds is 5. The molecule has 25 heavy (non-hydrogen) atoms. The van der Waals surface area contributed by atoms with Gasteiger partial charge in [0.25, 0.3) is 0 Å². The van der Waals surface area contributed by atoms with Crippen LogP contribution in [0.1, 0.15) is 65.7 Å². The molecule has 1 unspecified atom stereocenters. The van der Waals surface area contributed by atoms with Gasteiger partial charge >= 0.3 is 0 Å². The lowest BCUT2D eigenvalue weighted by Gasteiger charge is -2.45. The largest absolute Gasteiger partial charge is 0.396 e. The number of piperidine rings is 1. The van der Waals surface area contributed by atoms with Crippen LogP contribution in [-0.2, 0) is 4.79 Å². The van der Waals surface area contributed by atoms with E-state index in [1.807, 2.05) is 14.0 Å². The van der Waals surface area contributed by atoms with E-state index >= 15 is 0 Å². The molecule has 0 bridgehead atoms. The van der Waals surface area contributed by atoms with Crippen molar-refractivity contribution in [2.75, 3.05) is 26.7 Å². The number of likely N-dealkylation sites (N-methyl/N-ethyl adjacent to an activating group) is 1. The summed E-state index contributed by atoms with van der Waals surface area (Å²) in [6.45, 7) is 8.23. The van der Waals surface area contributed by atoms with Gasteiger partial charge in [0.15, 0.2) is 0 Å². The zero-order valence-corrected chi connectivity index (χ0v) is 16.4. The van der Waals surface area contributed by atoms with Gasteiger partial charge in [-0.05, 0) is 76.3 Å². The standard InChI is InChI=1S/C20H35N3O2/c1-5-19(15-24)10-12-23(13-11-19)17(3)18(25)22(4)20(14-21)8-6-16(2)7-9-20/h16-17,24H,5-13,15H2,1-4H3. The minimum absolute atomic E-state index is 0.0263. The van der Waals surface area contributed by atoms with Gasteiger partial charge in [0.2, 0.25) is 5.91 Å². The molecule has 0 aromatic carbocycles.